The van der Waals surface area contributed by atoms with Crippen LogP contribution in [0, 0.1) is 12.7 Å². The second-order valence-electron chi connectivity index (χ2n) is 8.80. The molecule has 0 spiro atoms. The lowest BCUT2D eigenvalue weighted by Crippen LogP contribution is -2.29. The van der Waals surface area contributed by atoms with Gasteiger partial charge in [-0.25, -0.2) is 14.4 Å². The molecule has 1 aliphatic carbocycles. The number of halogens is 1. The molecule has 0 bridgehead atoms. The van der Waals surface area contributed by atoms with Crippen LogP contribution in [0.25, 0.3) is 11.4 Å². The minimum Gasteiger partial charge on any atom is -0.347 e. The van der Waals surface area contributed by atoms with E-state index in [9.17, 15) is 14.0 Å². The van der Waals surface area contributed by atoms with Crippen LogP contribution in [0.2, 0.25) is 0 Å². The number of hydrogen-bond acceptors (Lipinski definition) is 6. The first-order valence-electron chi connectivity index (χ1n) is 11.5. The van der Waals surface area contributed by atoms with Crippen LogP contribution in [0.3, 0.4) is 0 Å². The summed E-state index contributed by atoms with van der Waals surface area (Å²) in [7, 11) is 1.89. The van der Waals surface area contributed by atoms with E-state index in [1.165, 1.54) is 18.5 Å². The van der Waals surface area contributed by atoms with Gasteiger partial charge in [0.1, 0.15) is 29.9 Å². The predicted molar refractivity (Wildman–Crippen MR) is 129 cm³/mol. The van der Waals surface area contributed by atoms with E-state index < -0.39 is 5.91 Å². The maximum Gasteiger partial charge on any atom is 0.270 e. The number of carbonyl (C=O) groups excluding carboxylic acids is 2. The molecule has 10 heteroatoms. The van der Waals surface area contributed by atoms with E-state index in [1.807, 2.05) is 23.7 Å². The summed E-state index contributed by atoms with van der Waals surface area (Å²) in [5.74, 6) is -0.342. The van der Waals surface area contributed by atoms with Crippen LogP contribution < -0.4 is 10.6 Å². The standard InChI is InChI=1S/C26H24FN7O2/c1-15-9-16(3-7-20(15)27)12-28-25(35)22-11-23(30-13-29-22)26(36)32-21-8-5-17-10-18(4-6-19(17)21)24-33-31-14-34(24)2/h3-4,6-7,9-11,13-14,21H,5,8,12H2,1-2H3,(H,28,35)(H,32,36)/t21-/m0/s1. The highest BCUT2D eigenvalue weighted by atomic mass is 19.1. The molecule has 4 aromatic rings. The molecule has 1 aliphatic rings. The number of aromatic nitrogens is 5. The van der Waals surface area contributed by atoms with Gasteiger partial charge in [-0.1, -0.05) is 24.3 Å². The highest BCUT2D eigenvalue weighted by Gasteiger charge is 2.26. The molecule has 2 aromatic heterocycles. The van der Waals surface area contributed by atoms with Gasteiger partial charge in [-0.05, 0) is 54.2 Å². The highest BCUT2D eigenvalue weighted by Crippen LogP contribution is 2.34. The maximum atomic E-state index is 13.5. The molecule has 2 amide bonds. The number of hydrogen-bond donors (Lipinski definition) is 2. The fourth-order valence-corrected chi connectivity index (χ4v) is 4.38. The summed E-state index contributed by atoms with van der Waals surface area (Å²) >= 11 is 0. The second-order valence-corrected chi connectivity index (χ2v) is 8.80. The minimum absolute atomic E-state index is 0.0779. The van der Waals surface area contributed by atoms with Crippen LogP contribution in [-0.2, 0) is 20.0 Å². The Kier molecular flexibility index (Phi) is 6.24. The normalized spacial score (nSPS) is 14.4. The molecule has 0 saturated carbocycles. The van der Waals surface area contributed by atoms with Gasteiger partial charge in [0, 0.05) is 25.2 Å². The Morgan fingerprint density at radius 3 is 2.64 bits per heavy atom. The van der Waals surface area contributed by atoms with Gasteiger partial charge < -0.3 is 15.2 Å². The molecule has 1 atom stereocenters. The van der Waals surface area contributed by atoms with Crippen LogP contribution in [0.4, 0.5) is 4.39 Å². The van der Waals surface area contributed by atoms with Crippen LogP contribution >= 0.6 is 0 Å². The third-order valence-corrected chi connectivity index (χ3v) is 6.30. The zero-order valence-corrected chi connectivity index (χ0v) is 19.8. The van der Waals surface area contributed by atoms with Crippen molar-refractivity contribution in [3.8, 4) is 11.4 Å². The lowest BCUT2D eigenvalue weighted by Gasteiger charge is -2.14. The van der Waals surface area contributed by atoms with Crippen molar-refractivity contribution in [2.45, 2.75) is 32.4 Å². The third-order valence-electron chi connectivity index (χ3n) is 6.30. The Morgan fingerprint density at radius 2 is 1.89 bits per heavy atom. The van der Waals surface area contributed by atoms with E-state index in [1.54, 1.807) is 25.4 Å². The van der Waals surface area contributed by atoms with Crippen molar-refractivity contribution >= 4 is 11.8 Å². The van der Waals surface area contributed by atoms with Crippen LogP contribution in [-0.4, -0.2) is 36.5 Å². The Bertz CT molecular complexity index is 1470. The number of rotatable bonds is 6. The fraction of sp³-hybridized carbons (Fsp3) is 0.231. The molecule has 9 nitrogen and oxygen atoms in total. The van der Waals surface area contributed by atoms with E-state index in [0.717, 1.165) is 40.9 Å². The smallest absolute Gasteiger partial charge is 0.270 e. The Balaban J connectivity index is 1.25. The molecule has 5 rings (SSSR count). The summed E-state index contributed by atoms with van der Waals surface area (Å²) in [6, 6.07) is 11.9. The summed E-state index contributed by atoms with van der Waals surface area (Å²) in [4.78, 5) is 33.6. The quantitative estimate of drug-likeness (QED) is 0.434. The largest absolute Gasteiger partial charge is 0.347 e. The first-order valence-corrected chi connectivity index (χ1v) is 11.5. The average Bonchev–Trinajstić information content (AvgIpc) is 3.50. The molecule has 2 aromatic carbocycles. The highest BCUT2D eigenvalue weighted by molar-refractivity contribution is 5.97. The van der Waals surface area contributed by atoms with E-state index in [4.69, 9.17) is 0 Å². The topological polar surface area (TPSA) is 115 Å². The van der Waals surface area contributed by atoms with Gasteiger partial charge in [0.15, 0.2) is 5.82 Å². The summed E-state index contributed by atoms with van der Waals surface area (Å²) in [5, 5.41) is 13.9. The predicted octanol–water partition coefficient (Wildman–Crippen LogP) is 3.07. The molecular formula is C26H24FN7O2. The van der Waals surface area contributed by atoms with Gasteiger partial charge in [-0.15, -0.1) is 10.2 Å². The van der Waals surface area contributed by atoms with Crippen molar-refractivity contribution in [2.75, 3.05) is 0 Å². The zero-order chi connectivity index (χ0) is 25.2. The van der Waals surface area contributed by atoms with Crippen LogP contribution in [0.15, 0.2) is 55.1 Å². The zero-order valence-electron chi connectivity index (χ0n) is 19.8. The number of carbonyl (C=O) groups is 2. The Hall–Kier alpha value is -4.47. The van der Waals surface area contributed by atoms with Crippen molar-refractivity contribution in [3.63, 3.8) is 0 Å². The third kappa shape index (κ3) is 4.70. The molecule has 2 N–H and O–H groups in total. The molecule has 0 saturated heterocycles. The number of aryl methyl sites for hydroxylation is 3. The molecule has 182 valence electrons. The van der Waals surface area contributed by atoms with Crippen molar-refractivity contribution < 1.29 is 14.0 Å². The van der Waals surface area contributed by atoms with Gasteiger partial charge in [0.2, 0.25) is 0 Å². The Labute approximate surface area is 206 Å². The van der Waals surface area contributed by atoms with Crippen LogP contribution in [0.5, 0.6) is 0 Å². The fourth-order valence-electron chi connectivity index (χ4n) is 4.38. The molecule has 0 fully saturated rings. The monoisotopic (exact) mass is 485 g/mol. The van der Waals surface area contributed by atoms with Gasteiger partial charge in [0.05, 0.1) is 6.04 Å². The number of nitrogens with one attached hydrogen (secondary N) is 2. The van der Waals surface area contributed by atoms with E-state index in [2.05, 4.69) is 36.9 Å². The summed E-state index contributed by atoms with van der Waals surface area (Å²) in [6.07, 6.45) is 4.44. The van der Waals surface area contributed by atoms with Gasteiger partial charge in [-0.2, -0.15) is 0 Å². The van der Waals surface area contributed by atoms with Crippen molar-refractivity contribution in [1.82, 2.24) is 35.4 Å². The molecule has 0 unspecified atom stereocenters. The summed E-state index contributed by atoms with van der Waals surface area (Å²) < 4.78 is 15.3. The number of amides is 2. The van der Waals surface area contributed by atoms with Gasteiger partial charge >= 0.3 is 0 Å². The minimum atomic E-state index is -0.448. The molecule has 2 heterocycles. The summed E-state index contributed by atoms with van der Waals surface area (Å²) in [5.41, 5.74) is 4.63. The van der Waals surface area contributed by atoms with Crippen molar-refractivity contribution in [1.29, 1.82) is 0 Å². The lowest BCUT2D eigenvalue weighted by molar-refractivity contribution is 0.0931. The van der Waals surface area contributed by atoms with Crippen molar-refractivity contribution in [3.05, 3.63) is 94.6 Å². The number of fused-ring (bicyclic) bond motifs is 1. The lowest BCUT2D eigenvalue weighted by atomic mass is 10.0. The SMILES string of the molecule is Cc1cc(CNC(=O)c2cc(C(=O)N[C@H]3CCc4cc(-c5nncn5C)ccc43)ncn2)ccc1F. The number of nitrogens with zero attached hydrogens (tertiary/aromatic N) is 5. The first kappa shape index (κ1) is 23.3. The van der Waals surface area contributed by atoms with E-state index >= 15 is 0 Å². The van der Waals surface area contributed by atoms with Gasteiger partial charge in [-0.3, -0.25) is 9.59 Å². The molecule has 36 heavy (non-hydrogen) atoms. The maximum absolute atomic E-state index is 13.5. The van der Waals surface area contributed by atoms with Gasteiger partial charge in [0.25, 0.3) is 11.8 Å². The average molecular weight is 486 g/mol. The first-order chi connectivity index (χ1) is 17.4. The van der Waals surface area contributed by atoms with E-state index in [0.29, 0.717) is 5.56 Å². The second kappa shape index (κ2) is 9.65. The molecular weight excluding hydrogens is 461 g/mol. The van der Waals surface area contributed by atoms with E-state index in [-0.39, 0.29) is 35.7 Å². The molecule has 0 aliphatic heterocycles. The van der Waals surface area contributed by atoms with Crippen molar-refractivity contribution in [2.24, 2.45) is 7.05 Å². The molecule has 0 radical (unpaired) electrons. The Morgan fingerprint density at radius 1 is 1.08 bits per heavy atom. The van der Waals surface area contributed by atoms with Crippen LogP contribution in [0.1, 0.15) is 55.7 Å². The summed E-state index contributed by atoms with van der Waals surface area (Å²) in [6.45, 7) is 1.87. The number of benzene rings is 2.